The molecular weight excluding hydrogens is 431 g/mol. The van der Waals surface area contributed by atoms with Crippen LogP contribution in [0.25, 0.3) is 16.9 Å². The number of aryl methyl sites for hydroxylation is 3. The van der Waals surface area contributed by atoms with Crippen molar-refractivity contribution in [1.29, 1.82) is 0 Å². The molecule has 2 heterocycles. The number of halogens is 3. The number of nitrogens with zero attached hydrogens (tertiary/aromatic N) is 2. The second-order valence-corrected chi connectivity index (χ2v) is 8.16. The van der Waals surface area contributed by atoms with Crippen molar-refractivity contribution in [3.8, 4) is 16.9 Å². The molecule has 0 atom stereocenters. The first-order chi connectivity index (χ1) is 15.7. The molecule has 5 rings (SSSR count). The lowest BCUT2D eigenvalue weighted by Crippen LogP contribution is -2.13. The summed E-state index contributed by atoms with van der Waals surface area (Å²) in [6.45, 7) is 3.89. The Morgan fingerprint density at radius 2 is 1.82 bits per heavy atom. The Morgan fingerprint density at radius 1 is 1.06 bits per heavy atom. The lowest BCUT2D eigenvalue weighted by Gasteiger charge is -2.15. The van der Waals surface area contributed by atoms with E-state index >= 15 is 0 Å². The fraction of sp³-hybridized carbons (Fsp3) is 0.200. The smallest absolute Gasteiger partial charge is 0.435 e. The molecule has 33 heavy (non-hydrogen) atoms. The summed E-state index contributed by atoms with van der Waals surface area (Å²) in [5, 5.41) is 6.80. The van der Waals surface area contributed by atoms with Crippen molar-refractivity contribution in [2.45, 2.75) is 32.9 Å². The van der Waals surface area contributed by atoms with Gasteiger partial charge >= 0.3 is 6.18 Å². The zero-order valence-electron chi connectivity index (χ0n) is 18.0. The van der Waals surface area contributed by atoms with Gasteiger partial charge in [0.05, 0.1) is 17.6 Å². The van der Waals surface area contributed by atoms with Gasteiger partial charge in [-0.2, -0.15) is 18.3 Å². The third-order valence-electron chi connectivity index (χ3n) is 5.86. The van der Waals surface area contributed by atoms with E-state index in [0.29, 0.717) is 40.4 Å². The van der Waals surface area contributed by atoms with Crippen LogP contribution in [0.15, 0.2) is 59.2 Å². The number of hydrogen-bond donors (Lipinski definition) is 1. The second-order valence-electron chi connectivity index (χ2n) is 8.16. The molecule has 2 aromatic heterocycles. The van der Waals surface area contributed by atoms with E-state index in [4.69, 9.17) is 4.42 Å². The molecule has 1 aliphatic carbocycles. The quantitative estimate of drug-likeness (QED) is 0.408. The third-order valence-corrected chi connectivity index (χ3v) is 5.86. The average molecular weight is 451 g/mol. The minimum atomic E-state index is -4.57. The van der Waals surface area contributed by atoms with Gasteiger partial charge < -0.3 is 9.73 Å². The van der Waals surface area contributed by atoms with E-state index in [0.717, 1.165) is 11.1 Å². The summed E-state index contributed by atoms with van der Waals surface area (Å²) in [4.78, 5) is 12.7. The summed E-state index contributed by atoms with van der Waals surface area (Å²) in [7, 11) is 0. The lowest BCUT2D eigenvalue weighted by atomic mass is 9.94. The molecule has 0 spiro atoms. The molecule has 1 N–H and O–H groups in total. The molecule has 0 aliphatic heterocycles. The van der Waals surface area contributed by atoms with Crippen LogP contribution < -0.4 is 5.32 Å². The molecule has 168 valence electrons. The van der Waals surface area contributed by atoms with E-state index in [-0.39, 0.29) is 17.9 Å². The number of hydrogen-bond acceptors (Lipinski definition) is 3. The second kappa shape index (κ2) is 7.65. The highest BCUT2D eigenvalue weighted by atomic mass is 19.4. The number of alkyl halides is 3. The summed E-state index contributed by atoms with van der Waals surface area (Å²) >= 11 is 0. The zero-order valence-corrected chi connectivity index (χ0v) is 18.0. The molecule has 8 heteroatoms. The topological polar surface area (TPSA) is 60.1 Å². The number of carbonyl (C=O) groups excluding carboxylic acids is 1. The summed E-state index contributed by atoms with van der Waals surface area (Å²) in [5.74, 6) is 0.339. The number of carbonyl (C=O) groups is 1. The van der Waals surface area contributed by atoms with E-state index in [9.17, 15) is 18.0 Å². The van der Waals surface area contributed by atoms with Gasteiger partial charge in [-0.25, -0.2) is 4.68 Å². The van der Waals surface area contributed by atoms with Crippen molar-refractivity contribution in [3.05, 3.63) is 88.5 Å². The first-order valence-electron chi connectivity index (χ1n) is 10.5. The van der Waals surface area contributed by atoms with E-state index in [1.165, 1.54) is 10.9 Å². The fourth-order valence-electron chi connectivity index (χ4n) is 4.26. The Labute approximate surface area is 187 Å². The highest BCUT2D eigenvalue weighted by Crippen LogP contribution is 2.42. The van der Waals surface area contributed by atoms with E-state index < -0.39 is 11.9 Å². The molecule has 1 aliphatic rings. The highest BCUT2D eigenvalue weighted by molar-refractivity contribution is 6.04. The minimum Gasteiger partial charge on any atom is -0.469 e. The third kappa shape index (κ3) is 3.71. The molecule has 0 unspecified atom stereocenters. The number of benzene rings is 2. The van der Waals surface area contributed by atoms with Gasteiger partial charge in [-0.05, 0) is 62.2 Å². The van der Waals surface area contributed by atoms with Crippen LogP contribution in [-0.2, 0) is 19.0 Å². The standard InChI is InChI=1S/C25H20F3N3O2/c1-14-3-9-20(15(2)13-14)29-24(32)16-4-6-17(7-5-16)31-22-18-11-12-33-21(18)10-8-19(22)23(30-31)25(26,27)28/h3-7,9,11-13H,8,10H2,1-2H3,(H,29,32). The lowest BCUT2D eigenvalue weighted by molar-refractivity contribution is -0.142. The van der Waals surface area contributed by atoms with Crippen molar-refractivity contribution < 1.29 is 22.4 Å². The maximum Gasteiger partial charge on any atom is 0.435 e. The Morgan fingerprint density at radius 3 is 2.52 bits per heavy atom. The molecule has 0 saturated carbocycles. The number of furan rings is 1. The maximum absolute atomic E-state index is 13.7. The van der Waals surface area contributed by atoms with E-state index in [1.54, 1.807) is 30.3 Å². The number of amides is 1. The maximum atomic E-state index is 13.7. The number of anilines is 1. The first kappa shape index (κ1) is 21.1. The molecule has 5 nitrogen and oxygen atoms in total. The van der Waals surface area contributed by atoms with Gasteiger partial charge in [0.1, 0.15) is 5.76 Å². The van der Waals surface area contributed by atoms with Crippen LogP contribution in [0.1, 0.15) is 38.5 Å². The van der Waals surface area contributed by atoms with Crippen LogP contribution in [0, 0.1) is 13.8 Å². The SMILES string of the molecule is Cc1ccc(NC(=O)c2ccc(-n3nc(C(F)(F)F)c4c3-c3ccoc3CC4)cc2)c(C)c1. The number of rotatable bonds is 3. The van der Waals surface area contributed by atoms with Gasteiger partial charge in [-0.15, -0.1) is 0 Å². The summed E-state index contributed by atoms with van der Waals surface area (Å²) in [5.41, 5.74) is 3.82. The predicted molar refractivity (Wildman–Crippen MR) is 118 cm³/mol. The Kier molecular flexibility index (Phi) is 4.88. The van der Waals surface area contributed by atoms with E-state index in [1.807, 2.05) is 32.0 Å². The monoisotopic (exact) mass is 451 g/mol. The van der Waals surface area contributed by atoms with Gasteiger partial charge in [-0.1, -0.05) is 17.7 Å². The number of fused-ring (bicyclic) bond motifs is 3. The molecule has 2 aromatic carbocycles. The van der Waals surface area contributed by atoms with Crippen LogP contribution >= 0.6 is 0 Å². The molecule has 0 saturated heterocycles. The average Bonchev–Trinajstić information content (AvgIpc) is 3.39. The van der Waals surface area contributed by atoms with Gasteiger partial charge in [0, 0.05) is 28.8 Å². The van der Waals surface area contributed by atoms with Gasteiger partial charge in [0.25, 0.3) is 5.91 Å². The van der Waals surface area contributed by atoms with Crippen LogP contribution in [0.3, 0.4) is 0 Å². The first-order valence-corrected chi connectivity index (χ1v) is 10.5. The van der Waals surface area contributed by atoms with Crippen LogP contribution in [0.4, 0.5) is 18.9 Å². The van der Waals surface area contributed by atoms with Crippen LogP contribution in [0.2, 0.25) is 0 Å². The predicted octanol–water partition coefficient (Wildman–Crippen LogP) is 6.12. The zero-order chi connectivity index (χ0) is 23.3. The molecule has 4 aromatic rings. The molecular formula is C25H20F3N3O2. The summed E-state index contributed by atoms with van der Waals surface area (Å²) < 4.78 is 47.8. The van der Waals surface area contributed by atoms with Gasteiger partial charge in [0.2, 0.25) is 0 Å². The van der Waals surface area contributed by atoms with Crippen molar-refractivity contribution >= 4 is 11.6 Å². The Bertz CT molecular complexity index is 1360. The normalized spacial score (nSPS) is 12.9. The molecule has 0 bridgehead atoms. The fourth-order valence-corrected chi connectivity index (χ4v) is 4.26. The molecule has 0 fully saturated rings. The van der Waals surface area contributed by atoms with Crippen LogP contribution in [-0.4, -0.2) is 15.7 Å². The van der Waals surface area contributed by atoms with Crippen molar-refractivity contribution in [1.82, 2.24) is 9.78 Å². The largest absolute Gasteiger partial charge is 0.469 e. The highest BCUT2D eigenvalue weighted by Gasteiger charge is 2.41. The van der Waals surface area contributed by atoms with Gasteiger partial charge in [0.15, 0.2) is 5.69 Å². The summed E-state index contributed by atoms with van der Waals surface area (Å²) in [6, 6.07) is 13.7. The minimum absolute atomic E-state index is 0.160. The van der Waals surface area contributed by atoms with Gasteiger partial charge in [-0.3, -0.25) is 4.79 Å². The molecule has 0 radical (unpaired) electrons. The van der Waals surface area contributed by atoms with Crippen molar-refractivity contribution in [2.24, 2.45) is 0 Å². The van der Waals surface area contributed by atoms with E-state index in [2.05, 4.69) is 10.4 Å². The number of aromatic nitrogens is 2. The Balaban J connectivity index is 1.50. The van der Waals surface area contributed by atoms with Crippen LogP contribution in [0.5, 0.6) is 0 Å². The Hall–Kier alpha value is -3.81. The number of nitrogens with one attached hydrogen (secondary N) is 1. The van der Waals surface area contributed by atoms with Crippen molar-refractivity contribution in [2.75, 3.05) is 5.32 Å². The van der Waals surface area contributed by atoms with Crippen molar-refractivity contribution in [3.63, 3.8) is 0 Å². The molecule has 1 amide bonds. The summed E-state index contributed by atoms with van der Waals surface area (Å²) in [6.07, 6.45) is -2.50.